The molecule has 1 unspecified atom stereocenters. The number of esters is 3. The molecule has 0 aliphatic heterocycles. The first-order valence-corrected chi connectivity index (χ1v) is 24.8. The van der Waals surface area contributed by atoms with Crippen molar-refractivity contribution in [1.82, 2.24) is 0 Å². The van der Waals surface area contributed by atoms with E-state index in [4.69, 9.17) is 14.2 Å². The summed E-state index contributed by atoms with van der Waals surface area (Å²) in [6.45, 7) is 6.47. The fraction of sp³-hybridized carbons (Fsp3) is 0.755. The van der Waals surface area contributed by atoms with Gasteiger partial charge in [-0.2, -0.15) is 0 Å². The van der Waals surface area contributed by atoms with E-state index in [1.54, 1.807) is 0 Å². The summed E-state index contributed by atoms with van der Waals surface area (Å²) in [5, 5.41) is 0. The zero-order chi connectivity index (χ0) is 43.0. The maximum atomic E-state index is 12.8. The van der Waals surface area contributed by atoms with Crippen molar-refractivity contribution in [3.05, 3.63) is 60.8 Å². The highest BCUT2D eigenvalue weighted by Crippen LogP contribution is 2.14. The van der Waals surface area contributed by atoms with Gasteiger partial charge in [-0.3, -0.25) is 14.4 Å². The summed E-state index contributed by atoms with van der Waals surface area (Å²) < 4.78 is 16.7. The van der Waals surface area contributed by atoms with Crippen LogP contribution in [0.5, 0.6) is 0 Å². The van der Waals surface area contributed by atoms with Crippen LogP contribution in [0, 0.1) is 0 Å². The van der Waals surface area contributed by atoms with E-state index in [-0.39, 0.29) is 31.1 Å². The van der Waals surface area contributed by atoms with Crippen LogP contribution in [0.1, 0.15) is 239 Å². The normalized spacial score (nSPS) is 12.5. The predicted octanol–water partition coefficient (Wildman–Crippen LogP) is 16.1. The number of hydrogen-bond acceptors (Lipinski definition) is 6. The molecule has 340 valence electrons. The Hall–Kier alpha value is -2.89. The number of carbonyl (C=O) groups is 3. The second-order valence-corrected chi connectivity index (χ2v) is 16.3. The highest BCUT2D eigenvalue weighted by Gasteiger charge is 2.19. The van der Waals surface area contributed by atoms with Crippen LogP contribution in [-0.2, 0) is 28.6 Å². The van der Waals surface area contributed by atoms with Gasteiger partial charge in [-0.1, -0.05) is 197 Å². The summed E-state index contributed by atoms with van der Waals surface area (Å²) >= 11 is 0. The van der Waals surface area contributed by atoms with Gasteiger partial charge in [0.05, 0.1) is 0 Å². The second-order valence-electron chi connectivity index (χ2n) is 16.3. The molecule has 0 heterocycles. The molecule has 0 amide bonds. The topological polar surface area (TPSA) is 78.9 Å². The van der Waals surface area contributed by atoms with Crippen LogP contribution in [0.3, 0.4) is 0 Å². The Morgan fingerprint density at radius 3 is 1.07 bits per heavy atom. The molecule has 0 aliphatic rings. The van der Waals surface area contributed by atoms with Crippen molar-refractivity contribution in [2.45, 2.75) is 245 Å². The first-order valence-electron chi connectivity index (χ1n) is 24.8. The first-order chi connectivity index (χ1) is 29.0. The monoisotopic (exact) mass is 825 g/mol. The average molecular weight is 825 g/mol. The van der Waals surface area contributed by atoms with Crippen molar-refractivity contribution < 1.29 is 28.6 Å². The Morgan fingerprint density at radius 1 is 0.356 bits per heavy atom. The Morgan fingerprint density at radius 2 is 0.661 bits per heavy atom. The maximum absolute atomic E-state index is 12.8. The number of hydrogen-bond donors (Lipinski definition) is 0. The molecular weight excluding hydrogens is 733 g/mol. The average Bonchev–Trinajstić information content (AvgIpc) is 3.23. The molecule has 0 aromatic rings. The number of allylic oxidation sites excluding steroid dienone is 10. The van der Waals surface area contributed by atoms with E-state index in [1.165, 1.54) is 77.0 Å². The first kappa shape index (κ1) is 56.1. The fourth-order valence-electron chi connectivity index (χ4n) is 6.78. The van der Waals surface area contributed by atoms with Crippen molar-refractivity contribution in [1.29, 1.82) is 0 Å². The Kier molecular flexibility index (Phi) is 45.4. The number of ether oxygens (including phenoxy) is 3. The molecule has 0 aliphatic carbocycles. The lowest BCUT2D eigenvalue weighted by atomic mass is 10.1. The quantitative estimate of drug-likeness (QED) is 0.0263. The van der Waals surface area contributed by atoms with Crippen molar-refractivity contribution in [3.63, 3.8) is 0 Å². The molecule has 0 aromatic heterocycles. The van der Waals surface area contributed by atoms with Crippen molar-refractivity contribution in [2.75, 3.05) is 13.2 Å². The van der Waals surface area contributed by atoms with E-state index in [1.807, 2.05) is 0 Å². The van der Waals surface area contributed by atoms with E-state index in [0.717, 1.165) is 122 Å². The zero-order valence-electron chi connectivity index (χ0n) is 38.8. The lowest BCUT2D eigenvalue weighted by molar-refractivity contribution is -0.167. The molecule has 1 atom stereocenters. The molecule has 0 rings (SSSR count). The third kappa shape index (κ3) is 46.0. The molecule has 6 nitrogen and oxygen atoms in total. The maximum Gasteiger partial charge on any atom is 0.306 e. The smallest absolute Gasteiger partial charge is 0.306 e. The Bertz CT molecular complexity index is 1090. The minimum absolute atomic E-state index is 0.0842. The summed E-state index contributed by atoms with van der Waals surface area (Å²) in [5.41, 5.74) is 0. The van der Waals surface area contributed by atoms with Gasteiger partial charge in [-0.15, -0.1) is 0 Å². The molecule has 59 heavy (non-hydrogen) atoms. The zero-order valence-corrected chi connectivity index (χ0v) is 38.8. The molecule has 0 bridgehead atoms. The second kappa shape index (κ2) is 47.8. The van der Waals surface area contributed by atoms with Gasteiger partial charge in [0.25, 0.3) is 0 Å². The highest BCUT2D eigenvalue weighted by atomic mass is 16.6. The Labute approximate surface area is 364 Å². The summed E-state index contributed by atoms with van der Waals surface area (Å²) in [4.78, 5) is 37.9. The summed E-state index contributed by atoms with van der Waals surface area (Å²) in [7, 11) is 0. The van der Waals surface area contributed by atoms with Gasteiger partial charge in [0.2, 0.25) is 0 Å². The third-order valence-corrected chi connectivity index (χ3v) is 10.5. The molecule has 0 saturated carbocycles. The molecule has 0 aromatic carbocycles. The van der Waals surface area contributed by atoms with Crippen LogP contribution in [0.25, 0.3) is 0 Å². The van der Waals surface area contributed by atoms with E-state index < -0.39 is 6.10 Å². The summed E-state index contributed by atoms with van der Waals surface area (Å²) in [6.07, 6.45) is 57.7. The van der Waals surface area contributed by atoms with Gasteiger partial charge in [-0.05, 0) is 83.5 Å². The van der Waals surface area contributed by atoms with Gasteiger partial charge in [0, 0.05) is 19.3 Å². The molecule has 0 fully saturated rings. The van der Waals surface area contributed by atoms with Gasteiger partial charge in [0.1, 0.15) is 13.2 Å². The molecular formula is C53H92O6. The van der Waals surface area contributed by atoms with Crippen LogP contribution in [-0.4, -0.2) is 37.2 Å². The summed E-state index contributed by atoms with van der Waals surface area (Å²) in [6, 6.07) is 0. The van der Waals surface area contributed by atoms with Gasteiger partial charge >= 0.3 is 17.9 Å². The predicted molar refractivity (Wildman–Crippen MR) is 251 cm³/mol. The van der Waals surface area contributed by atoms with Crippen molar-refractivity contribution >= 4 is 17.9 Å². The van der Waals surface area contributed by atoms with Crippen LogP contribution >= 0.6 is 0 Å². The van der Waals surface area contributed by atoms with Crippen LogP contribution in [0.4, 0.5) is 0 Å². The standard InChI is InChI=1S/C53H92O6/c1-4-7-10-13-16-19-22-24-26-28-31-34-37-40-43-46-52(55)58-49-50(48-57-51(54)45-42-39-36-33-30-21-18-15-12-9-6-3)59-53(56)47-44-41-38-35-32-29-27-25-23-20-17-14-11-8-5-2/h7,10,16-17,19-20,24-27,50H,4-6,8-9,11-15,18,21-23,28-49H2,1-3H3/b10-7-,19-16-,20-17-,26-24-,27-25-. The van der Waals surface area contributed by atoms with Gasteiger partial charge in [0.15, 0.2) is 6.10 Å². The van der Waals surface area contributed by atoms with Gasteiger partial charge < -0.3 is 14.2 Å². The SMILES string of the molecule is CC/C=C\C/C=C\C/C=C\CCCCCCCC(=O)OCC(COC(=O)CCCCCCCCCCCCC)OC(=O)CCCCCCC/C=C\C/C=C\CCCCC. The van der Waals surface area contributed by atoms with Crippen LogP contribution in [0.15, 0.2) is 60.8 Å². The van der Waals surface area contributed by atoms with Gasteiger partial charge in [-0.25, -0.2) is 0 Å². The molecule has 0 spiro atoms. The van der Waals surface area contributed by atoms with Crippen LogP contribution < -0.4 is 0 Å². The summed E-state index contributed by atoms with van der Waals surface area (Å²) in [5.74, 6) is -0.915. The molecule has 0 saturated heterocycles. The highest BCUT2D eigenvalue weighted by molar-refractivity contribution is 5.71. The number of rotatable bonds is 44. The van der Waals surface area contributed by atoms with Crippen molar-refractivity contribution in [2.24, 2.45) is 0 Å². The molecule has 0 N–H and O–H groups in total. The van der Waals surface area contributed by atoms with E-state index >= 15 is 0 Å². The third-order valence-electron chi connectivity index (χ3n) is 10.5. The van der Waals surface area contributed by atoms with E-state index in [9.17, 15) is 14.4 Å². The fourth-order valence-corrected chi connectivity index (χ4v) is 6.78. The minimum Gasteiger partial charge on any atom is -0.462 e. The minimum atomic E-state index is -0.785. The lowest BCUT2D eigenvalue weighted by Crippen LogP contribution is -2.30. The van der Waals surface area contributed by atoms with Crippen LogP contribution in [0.2, 0.25) is 0 Å². The van der Waals surface area contributed by atoms with E-state index in [2.05, 4.69) is 81.5 Å². The van der Waals surface area contributed by atoms with Crippen molar-refractivity contribution in [3.8, 4) is 0 Å². The number of unbranched alkanes of at least 4 members (excludes halogenated alkanes) is 23. The van der Waals surface area contributed by atoms with E-state index in [0.29, 0.717) is 19.3 Å². The molecule has 0 radical (unpaired) electrons. The molecule has 6 heteroatoms. The largest absolute Gasteiger partial charge is 0.462 e. The number of carbonyl (C=O) groups excluding carboxylic acids is 3. The Balaban J connectivity index is 4.42. The lowest BCUT2D eigenvalue weighted by Gasteiger charge is -2.18.